The Balaban J connectivity index is 1.99. The lowest BCUT2D eigenvalue weighted by atomic mass is 9.71. The first-order valence-electron chi connectivity index (χ1n) is 9.69. The Labute approximate surface area is 161 Å². The maximum absolute atomic E-state index is 12.7. The zero-order valence-corrected chi connectivity index (χ0v) is 16.7. The van der Waals surface area contributed by atoms with Gasteiger partial charge >= 0.3 is 0 Å². The van der Waals surface area contributed by atoms with Crippen LogP contribution in [0.5, 0.6) is 11.5 Å². The number of alkyl halides is 1. The summed E-state index contributed by atoms with van der Waals surface area (Å²) in [6.07, 6.45) is 2.30. The third kappa shape index (κ3) is 3.93. The number of hydrogen-bond acceptors (Lipinski definition) is 4. The third-order valence-corrected chi connectivity index (χ3v) is 5.88. The largest absolute Gasteiger partial charge is 0.493 e. The number of piperidine rings is 1. The molecule has 0 unspecified atom stereocenters. The lowest BCUT2D eigenvalue weighted by molar-refractivity contribution is -0.0648. The van der Waals surface area contributed by atoms with Gasteiger partial charge in [0.05, 0.1) is 14.2 Å². The van der Waals surface area contributed by atoms with Crippen molar-refractivity contribution in [3.63, 3.8) is 0 Å². The van der Waals surface area contributed by atoms with Crippen molar-refractivity contribution in [2.75, 3.05) is 34.0 Å². The molecule has 5 heteroatoms. The Morgan fingerprint density at radius 2 is 2.00 bits per heavy atom. The van der Waals surface area contributed by atoms with Gasteiger partial charge in [0.15, 0.2) is 11.5 Å². The molecule has 4 nitrogen and oxygen atoms in total. The van der Waals surface area contributed by atoms with Gasteiger partial charge in [0, 0.05) is 31.5 Å². The second-order valence-electron chi connectivity index (χ2n) is 8.06. The molecule has 0 radical (unpaired) electrons. The van der Waals surface area contributed by atoms with Crippen molar-refractivity contribution in [1.29, 1.82) is 0 Å². The van der Waals surface area contributed by atoms with Gasteiger partial charge in [-0.05, 0) is 42.0 Å². The number of fused-ring (bicyclic) bond motifs is 3. The van der Waals surface area contributed by atoms with E-state index in [0.29, 0.717) is 18.1 Å². The van der Waals surface area contributed by atoms with Crippen LogP contribution in [0, 0.1) is 23.7 Å². The highest BCUT2D eigenvalue weighted by Crippen LogP contribution is 2.46. The third-order valence-electron chi connectivity index (χ3n) is 5.88. The number of methoxy groups -OCH3 is 2. The smallest absolute Gasteiger partial charge is 0.161 e. The first-order chi connectivity index (χ1) is 12.9. The van der Waals surface area contributed by atoms with E-state index in [2.05, 4.69) is 30.6 Å². The number of nitrogens with zero attached hydrogens (tertiary/aromatic N) is 1. The molecule has 0 bridgehead atoms. The lowest BCUT2D eigenvalue weighted by Gasteiger charge is -2.50. The molecule has 0 aliphatic carbocycles. The Kier molecular flexibility index (Phi) is 5.98. The van der Waals surface area contributed by atoms with Crippen molar-refractivity contribution in [3.8, 4) is 23.3 Å². The first-order valence-corrected chi connectivity index (χ1v) is 9.69. The maximum Gasteiger partial charge on any atom is 0.161 e. The fourth-order valence-corrected chi connectivity index (χ4v) is 4.61. The molecule has 1 aromatic rings. The van der Waals surface area contributed by atoms with Crippen LogP contribution in [-0.2, 0) is 6.42 Å². The highest BCUT2D eigenvalue weighted by Gasteiger charge is 2.47. The molecule has 1 saturated heterocycles. The van der Waals surface area contributed by atoms with Crippen LogP contribution in [0.25, 0.3) is 0 Å². The minimum atomic E-state index is -1.17. The molecular weight excluding hydrogens is 345 g/mol. The fraction of sp³-hybridized carbons (Fsp3) is 0.636. The predicted octanol–water partition coefficient (Wildman–Crippen LogP) is 3.37. The van der Waals surface area contributed by atoms with Crippen LogP contribution in [0.4, 0.5) is 4.39 Å². The molecule has 148 valence electrons. The van der Waals surface area contributed by atoms with Gasteiger partial charge in [-0.1, -0.05) is 25.7 Å². The summed E-state index contributed by atoms with van der Waals surface area (Å²) in [6, 6.07) is 4.12. The van der Waals surface area contributed by atoms with Gasteiger partial charge in [-0.3, -0.25) is 4.90 Å². The average Bonchev–Trinajstić information content (AvgIpc) is 2.65. The highest BCUT2D eigenvalue weighted by molar-refractivity contribution is 5.50. The molecule has 0 spiro atoms. The van der Waals surface area contributed by atoms with Crippen molar-refractivity contribution in [3.05, 3.63) is 23.3 Å². The molecule has 3 rings (SSSR count). The number of halogens is 1. The molecule has 1 aromatic carbocycles. The molecule has 27 heavy (non-hydrogen) atoms. The van der Waals surface area contributed by atoms with Gasteiger partial charge in [-0.15, -0.1) is 0 Å². The molecule has 0 amide bonds. The van der Waals surface area contributed by atoms with E-state index in [1.807, 2.05) is 12.1 Å². The van der Waals surface area contributed by atoms with Crippen molar-refractivity contribution in [1.82, 2.24) is 4.90 Å². The summed E-state index contributed by atoms with van der Waals surface area (Å²) in [7, 11) is 3.27. The monoisotopic (exact) mass is 375 g/mol. The Hall–Kier alpha value is -1.77. The average molecular weight is 375 g/mol. The van der Waals surface area contributed by atoms with Gasteiger partial charge in [0.2, 0.25) is 0 Å². The summed E-state index contributed by atoms with van der Waals surface area (Å²) in [5, 5.41) is 11.4. The SMILES string of the molecule is COc1cc2c(cc1OC)[C@H]1C[C@](O)(C#CC[19F])[C@H](CC(C)C)CN1CC2. The standard InChI is InChI=1S/C22H30FNO3/c1-15(2)10-17-14-24-9-6-16-11-20(26-3)21(27-4)12-18(16)19(24)13-22(17,25)7-5-8-23/h11-12,15,17,19,25H,6,8-10,13-14H2,1-4H3/t17-,19-,22-/m1/s1/i23+0. The summed E-state index contributed by atoms with van der Waals surface area (Å²) < 4.78 is 23.7. The molecule has 2 aliphatic rings. The van der Waals surface area contributed by atoms with Crippen LogP contribution in [0.1, 0.15) is 43.9 Å². The zero-order chi connectivity index (χ0) is 19.6. The Bertz CT molecular complexity index is 739. The molecule has 0 saturated carbocycles. The quantitative estimate of drug-likeness (QED) is 0.820. The van der Waals surface area contributed by atoms with Gasteiger partial charge in [0.25, 0.3) is 0 Å². The van der Waals surface area contributed by atoms with E-state index >= 15 is 0 Å². The number of ether oxygens (including phenoxy) is 2. The summed E-state index contributed by atoms with van der Waals surface area (Å²) in [5.74, 6) is 7.25. The summed E-state index contributed by atoms with van der Waals surface area (Å²) in [4.78, 5) is 2.44. The molecule has 1 fully saturated rings. The molecule has 0 aromatic heterocycles. The van der Waals surface area contributed by atoms with Crippen LogP contribution in [0.3, 0.4) is 0 Å². The Morgan fingerprint density at radius 3 is 2.63 bits per heavy atom. The molecule has 2 aliphatic heterocycles. The van der Waals surface area contributed by atoms with Gasteiger partial charge in [0.1, 0.15) is 12.3 Å². The number of rotatable bonds is 4. The number of hydrogen-bond donors (Lipinski definition) is 1. The van der Waals surface area contributed by atoms with Crippen LogP contribution >= 0.6 is 0 Å². The predicted molar refractivity (Wildman–Crippen MR) is 104 cm³/mol. The molecular formula is C22H30FNO3. The van der Waals surface area contributed by atoms with E-state index in [1.165, 1.54) is 5.56 Å². The molecule has 3 atom stereocenters. The van der Waals surface area contributed by atoms with Gasteiger partial charge in [-0.25, -0.2) is 4.39 Å². The van der Waals surface area contributed by atoms with E-state index in [0.717, 1.165) is 37.2 Å². The number of aliphatic hydroxyl groups is 1. The van der Waals surface area contributed by atoms with Gasteiger partial charge in [-0.2, -0.15) is 0 Å². The van der Waals surface area contributed by atoms with E-state index in [9.17, 15) is 9.50 Å². The zero-order valence-electron chi connectivity index (χ0n) is 16.7. The second-order valence-corrected chi connectivity index (χ2v) is 8.06. The van der Waals surface area contributed by atoms with E-state index in [1.54, 1.807) is 14.2 Å². The van der Waals surface area contributed by atoms with Crippen LogP contribution in [0.15, 0.2) is 12.1 Å². The minimum Gasteiger partial charge on any atom is -0.493 e. The van der Waals surface area contributed by atoms with Crippen molar-refractivity contribution in [2.45, 2.75) is 44.8 Å². The minimum absolute atomic E-state index is 0.0227. The number of benzene rings is 1. The van der Waals surface area contributed by atoms with Crippen LogP contribution in [0.2, 0.25) is 0 Å². The van der Waals surface area contributed by atoms with E-state index < -0.39 is 12.3 Å². The second kappa shape index (κ2) is 8.08. The summed E-state index contributed by atoms with van der Waals surface area (Å²) in [5.41, 5.74) is 1.21. The van der Waals surface area contributed by atoms with Gasteiger partial charge < -0.3 is 14.6 Å². The van der Waals surface area contributed by atoms with Crippen molar-refractivity contribution in [2.24, 2.45) is 11.8 Å². The lowest BCUT2D eigenvalue weighted by Crippen LogP contribution is -2.54. The summed E-state index contributed by atoms with van der Waals surface area (Å²) >= 11 is 0. The van der Waals surface area contributed by atoms with E-state index in [4.69, 9.17) is 9.47 Å². The molecule has 1 N–H and O–H groups in total. The topological polar surface area (TPSA) is 41.9 Å². The fourth-order valence-electron chi connectivity index (χ4n) is 4.61. The Morgan fingerprint density at radius 1 is 1.30 bits per heavy atom. The normalized spacial score (nSPS) is 27.4. The first kappa shape index (κ1) is 20.0. The van der Waals surface area contributed by atoms with E-state index in [-0.39, 0.29) is 12.0 Å². The highest BCUT2D eigenvalue weighted by atomic mass is 19.1. The molecule has 2 heterocycles. The van der Waals surface area contributed by atoms with Crippen molar-refractivity contribution < 1.29 is 19.0 Å². The van der Waals surface area contributed by atoms with Crippen LogP contribution < -0.4 is 9.47 Å². The van der Waals surface area contributed by atoms with Crippen molar-refractivity contribution >= 4 is 0 Å². The summed E-state index contributed by atoms with van der Waals surface area (Å²) in [6.45, 7) is 5.28. The maximum atomic E-state index is 12.7. The van der Waals surface area contributed by atoms with Crippen LogP contribution in [-0.4, -0.2) is 49.6 Å².